The molecule has 2 heterocycles. The fourth-order valence-corrected chi connectivity index (χ4v) is 4.33. The summed E-state index contributed by atoms with van der Waals surface area (Å²) >= 11 is 1.64. The maximum Gasteiger partial charge on any atom is 0.241 e. The maximum absolute atomic E-state index is 12.7. The van der Waals surface area contributed by atoms with Gasteiger partial charge in [-0.25, -0.2) is 0 Å². The first-order chi connectivity index (χ1) is 14.6. The van der Waals surface area contributed by atoms with Crippen LogP contribution in [0.3, 0.4) is 0 Å². The Morgan fingerprint density at radius 1 is 1.17 bits per heavy atom. The number of amides is 1. The number of carbonyl (C=O) groups excluding carboxylic acids is 1. The minimum Gasteiger partial charge on any atom is -0.338 e. The molecule has 1 saturated heterocycles. The lowest BCUT2D eigenvalue weighted by Crippen LogP contribution is -2.37. The number of likely N-dealkylation sites (tertiary alicyclic amines) is 1. The number of thioether (sulfide) groups is 1. The molecule has 7 heteroatoms. The number of piperidine rings is 1. The summed E-state index contributed by atoms with van der Waals surface area (Å²) in [5, 5.41) is 7.24. The van der Waals surface area contributed by atoms with E-state index in [2.05, 4.69) is 20.4 Å². The molecule has 156 valence electrons. The molecule has 0 atom stereocenters. The van der Waals surface area contributed by atoms with Crippen LogP contribution in [0.1, 0.15) is 24.3 Å². The maximum atomic E-state index is 12.7. The van der Waals surface area contributed by atoms with E-state index in [4.69, 9.17) is 4.52 Å². The van der Waals surface area contributed by atoms with Crippen molar-refractivity contribution in [3.05, 3.63) is 60.0 Å². The third kappa shape index (κ3) is 4.74. The fraction of sp³-hybridized carbons (Fsp3) is 0.348. The van der Waals surface area contributed by atoms with Gasteiger partial charge in [0, 0.05) is 16.4 Å². The van der Waals surface area contributed by atoms with Crippen LogP contribution in [0.25, 0.3) is 11.4 Å². The van der Waals surface area contributed by atoms with E-state index in [1.54, 1.807) is 11.8 Å². The first kappa shape index (κ1) is 20.6. The number of aryl methyl sites for hydroxylation is 1. The molecular weight excluding hydrogens is 396 g/mol. The number of carbonyl (C=O) groups is 1. The molecule has 0 saturated carbocycles. The van der Waals surface area contributed by atoms with E-state index in [9.17, 15) is 4.79 Å². The SMILES string of the molecule is CSc1ccccc1NC(=O)C1CCN(Cc2nc(-c3ccccc3C)no2)CC1. The van der Waals surface area contributed by atoms with Gasteiger partial charge in [-0.05, 0) is 56.8 Å². The molecule has 1 N–H and O–H groups in total. The highest BCUT2D eigenvalue weighted by atomic mass is 32.2. The van der Waals surface area contributed by atoms with Gasteiger partial charge in [-0.2, -0.15) is 4.98 Å². The minimum absolute atomic E-state index is 0.0291. The second kappa shape index (κ2) is 9.45. The number of benzene rings is 2. The van der Waals surface area contributed by atoms with Crippen molar-refractivity contribution in [3.8, 4) is 11.4 Å². The molecule has 6 nitrogen and oxygen atoms in total. The Bertz CT molecular complexity index is 1010. The molecule has 0 aliphatic carbocycles. The molecule has 3 aromatic rings. The van der Waals surface area contributed by atoms with E-state index in [1.807, 2.05) is 61.7 Å². The third-order valence-electron chi connectivity index (χ3n) is 5.54. The predicted octanol–water partition coefficient (Wildman–Crippen LogP) is 4.62. The second-order valence-corrected chi connectivity index (χ2v) is 8.41. The summed E-state index contributed by atoms with van der Waals surface area (Å²) in [4.78, 5) is 20.6. The minimum atomic E-state index is 0.0291. The van der Waals surface area contributed by atoms with E-state index in [1.165, 1.54) is 0 Å². The van der Waals surface area contributed by atoms with Gasteiger partial charge in [-0.15, -0.1) is 11.8 Å². The Morgan fingerprint density at radius 3 is 2.67 bits per heavy atom. The standard InChI is InChI=1S/C23H26N4O2S/c1-16-7-3-4-8-18(16)22-25-21(29-26-22)15-27-13-11-17(12-14-27)23(28)24-19-9-5-6-10-20(19)30-2/h3-10,17H,11-15H2,1-2H3,(H,24,28). The number of hydrogen-bond acceptors (Lipinski definition) is 6. The first-order valence-corrected chi connectivity index (χ1v) is 11.4. The van der Waals surface area contributed by atoms with Crippen molar-refractivity contribution in [2.75, 3.05) is 24.7 Å². The van der Waals surface area contributed by atoms with Gasteiger partial charge in [0.25, 0.3) is 0 Å². The highest BCUT2D eigenvalue weighted by Gasteiger charge is 2.26. The van der Waals surface area contributed by atoms with Crippen LogP contribution >= 0.6 is 11.8 Å². The molecule has 0 radical (unpaired) electrons. The van der Waals surface area contributed by atoms with Crippen molar-refractivity contribution in [3.63, 3.8) is 0 Å². The van der Waals surface area contributed by atoms with Crippen LogP contribution in [0.2, 0.25) is 0 Å². The summed E-state index contributed by atoms with van der Waals surface area (Å²) < 4.78 is 5.47. The van der Waals surface area contributed by atoms with Gasteiger partial charge in [0.15, 0.2) is 0 Å². The molecule has 1 aromatic heterocycles. The smallest absolute Gasteiger partial charge is 0.241 e. The highest BCUT2D eigenvalue weighted by molar-refractivity contribution is 7.98. The Hall–Kier alpha value is -2.64. The Kier molecular flexibility index (Phi) is 6.50. The summed E-state index contributed by atoms with van der Waals surface area (Å²) in [6, 6.07) is 15.9. The largest absolute Gasteiger partial charge is 0.338 e. The van der Waals surface area contributed by atoms with E-state index < -0.39 is 0 Å². The van der Waals surface area contributed by atoms with Gasteiger partial charge in [0.1, 0.15) is 0 Å². The zero-order chi connectivity index (χ0) is 20.9. The van der Waals surface area contributed by atoms with E-state index in [-0.39, 0.29) is 11.8 Å². The normalized spacial score (nSPS) is 15.3. The van der Waals surface area contributed by atoms with Crippen LogP contribution in [0, 0.1) is 12.8 Å². The number of rotatable bonds is 6. The van der Waals surface area contributed by atoms with Crippen molar-refractivity contribution in [2.24, 2.45) is 5.92 Å². The zero-order valence-electron chi connectivity index (χ0n) is 17.3. The van der Waals surface area contributed by atoms with Gasteiger partial charge in [-0.1, -0.05) is 41.6 Å². The van der Waals surface area contributed by atoms with Gasteiger partial charge in [-0.3, -0.25) is 9.69 Å². The number of hydrogen-bond donors (Lipinski definition) is 1. The number of aromatic nitrogens is 2. The monoisotopic (exact) mass is 422 g/mol. The van der Waals surface area contributed by atoms with Gasteiger partial charge in [0.05, 0.1) is 12.2 Å². The lowest BCUT2D eigenvalue weighted by molar-refractivity contribution is -0.121. The van der Waals surface area contributed by atoms with Crippen LogP contribution in [0.5, 0.6) is 0 Å². The Balaban J connectivity index is 1.31. The van der Waals surface area contributed by atoms with Crippen LogP contribution < -0.4 is 5.32 Å². The average molecular weight is 423 g/mol. The zero-order valence-corrected chi connectivity index (χ0v) is 18.1. The topological polar surface area (TPSA) is 71.3 Å². The van der Waals surface area contributed by atoms with Gasteiger partial charge in [0.2, 0.25) is 17.6 Å². The molecule has 1 aliphatic rings. The van der Waals surface area contributed by atoms with Gasteiger partial charge >= 0.3 is 0 Å². The van der Waals surface area contributed by atoms with Crippen molar-refractivity contribution in [1.29, 1.82) is 0 Å². The number of para-hydroxylation sites is 1. The number of anilines is 1. The van der Waals surface area contributed by atoms with Crippen LogP contribution in [0.4, 0.5) is 5.69 Å². The number of nitrogens with one attached hydrogen (secondary N) is 1. The Labute approximate surface area is 181 Å². The average Bonchev–Trinajstić information content (AvgIpc) is 3.23. The molecule has 30 heavy (non-hydrogen) atoms. The molecule has 1 fully saturated rings. The summed E-state index contributed by atoms with van der Waals surface area (Å²) in [6.45, 7) is 4.33. The molecule has 0 unspecified atom stereocenters. The van der Waals surface area contributed by atoms with Crippen LogP contribution in [0.15, 0.2) is 57.9 Å². The Morgan fingerprint density at radius 2 is 1.90 bits per heavy atom. The fourth-order valence-electron chi connectivity index (χ4n) is 3.78. The van der Waals surface area contributed by atoms with Crippen molar-refractivity contribution in [1.82, 2.24) is 15.0 Å². The van der Waals surface area contributed by atoms with Crippen LogP contribution in [-0.4, -0.2) is 40.3 Å². The summed E-state index contributed by atoms with van der Waals surface area (Å²) in [6.07, 6.45) is 3.67. The van der Waals surface area contributed by atoms with E-state index >= 15 is 0 Å². The second-order valence-electron chi connectivity index (χ2n) is 7.57. The van der Waals surface area contributed by atoms with E-state index in [0.29, 0.717) is 18.3 Å². The van der Waals surface area contributed by atoms with E-state index in [0.717, 1.165) is 47.6 Å². The van der Waals surface area contributed by atoms with Crippen LogP contribution in [-0.2, 0) is 11.3 Å². The molecule has 4 rings (SSSR count). The summed E-state index contributed by atoms with van der Waals surface area (Å²) in [5.74, 6) is 1.38. The quantitative estimate of drug-likeness (QED) is 0.585. The van der Waals surface area contributed by atoms with Gasteiger partial charge < -0.3 is 9.84 Å². The lowest BCUT2D eigenvalue weighted by atomic mass is 9.96. The summed E-state index contributed by atoms with van der Waals surface area (Å²) in [5.41, 5.74) is 3.01. The molecule has 0 spiro atoms. The molecule has 1 aliphatic heterocycles. The third-order valence-corrected chi connectivity index (χ3v) is 6.33. The molecule has 2 aromatic carbocycles. The molecule has 1 amide bonds. The van der Waals surface area contributed by atoms with Crippen molar-refractivity contribution < 1.29 is 9.32 Å². The van der Waals surface area contributed by atoms with Crippen molar-refractivity contribution in [2.45, 2.75) is 31.2 Å². The first-order valence-electron chi connectivity index (χ1n) is 10.2. The summed E-state index contributed by atoms with van der Waals surface area (Å²) in [7, 11) is 0. The predicted molar refractivity (Wildman–Crippen MR) is 119 cm³/mol. The lowest BCUT2D eigenvalue weighted by Gasteiger charge is -2.30. The molecule has 0 bridgehead atoms. The highest BCUT2D eigenvalue weighted by Crippen LogP contribution is 2.27. The van der Waals surface area contributed by atoms with Crippen molar-refractivity contribution >= 4 is 23.4 Å². The number of nitrogens with zero attached hydrogens (tertiary/aromatic N) is 3. The molecular formula is C23H26N4O2S.